The fraction of sp³-hybridized carbons (Fsp3) is 0. The Hall–Kier alpha value is -9.18. The number of benzene rings is 11. The first-order chi connectivity index (χ1) is 34.2. The zero-order chi connectivity index (χ0) is 45.7. The molecule has 0 N–H and O–H groups in total. The second-order valence-electron chi connectivity index (χ2n) is 17.7. The number of hydrogen-bond acceptors (Lipinski definition) is 2. The average molecular weight is 881 g/mol. The molecule has 3 nitrogen and oxygen atoms in total. The van der Waals surface area contributed by atoms with Gasteiger partial charge >= 0.3 is 0 Å². The minimum atomic E-state index is 0.905. The van der Waals surface area contributed by atoms with Crippen LogP contribution < -0.4 is 4.90 Å². The summed E-state index contributed by atoms with van der Waals surface area (Å²) in [6.07, 6.45) is 0. The van der Waals surface area contributed by atoms with E-state index in [0.717, 1.165) is 61.4 Å². The number of hydrogen-bond donors (Lipinski definition) is 0. The molecule has 0 spiro atoms. The molecule has 0 aliphatic carbocycles. The predicted octanol–water partition coefficient (Wildman–Crippen LogP) is 18.5. The molecule has 0 unspecified atom stereocenters. The minimum absolute atomic E-state index is 0.905. The van der Waals surface area contributed by atoms with E-state index in [1.54, 1.807) is 0 Å². The van der Waals surface area contributed by atoms with Crippen LogP contribution >= 0.6 is 0 Å². The Morgan fingerprint density at radius 2 is 0.681 bits per heavy atom. The van der Waals surface area contributed by atoms with E-state index in [2.05, 4.69) is 264 Å². The largest absolute Gasteiger partial charge is 0.456 e. The molecule has 0 saturated heterocycles. The van der Waals surface area contributed by atoms with E-state index in [1.165, 1.54) is 60.8 Å². The third-order valence-corrected chi connectivity index (χ3v) is 13.6. The van der Waals surface area contributed by atoms with E-state index in [9.17, 15) is 0 Å². The molecule has 0 atom stereocenters. The van der Waals surface area contributed by atoms with Crippen molar-refractivity contribution < 1.29 is 4.42 Å². The van der Waals surface area contributed by atoms with Crippen molar-refractivity contribution in [1.82, 2.24) is 4.57 Å². The van der Waals surface area contributed by atoms with Crippen LogP contribution in [0.25, 0.3) is 105 Å². The standard InChI is InChI=1S/C66H44N2O/c1-2-14-45(15-3-1)46-30-36-54(37-31-46)67(56-40-34-48(35-41-56)52-19-12-21-57(44-52)68-62-26-7-4-22-59(62)60-23-5-8-27-63(60)68)55-38-32-47(33-39-55)49-16-10-17-50(42-49)51-18-11-20-53(43-51)58-25-13-29-65-66(58)61-24-6-9-28-64(61)69-65/h1-44H. The van der Waals surface area contributed by atoms with Crippen molar-refractivity contribution in [2.45, 2.75) is 0 Å². The summed E-state index contributed by atoms with van der Waals surface area (Å²) in [5.74, 6) is 0. The van der Waals surface area contributed by atoms with E-state index >= 15 is 0 Å². The molecule has 0 saturated carbocycles. The average Bonchev–Trinajstić information content (AvgIpc) is 3.98. The number of para-hydroxylation sites is 3. The van der Waals surface area contributed by atoms with E-state index in [4.69, 9.17) is 4.42 Å². The highest BCUT2D eigenvalue weighted by atomic mass is 16.3. The van der Waals surface area contributed by atoms with Crippen LogP contribution in [0, 0.1) is 0 Å². The first-order valence-corrected chi connectivity index (χ1v) is 23.6. The van der Waals surface area contributed by atoms with Crippen LogP contribution in [-0.4, -0.2) is 4.57 Å². The van der Waals surface area contributed by atoms with E-state index < -0.39 is 0 Å². The Morgan fingerprint density at radius 3 is 1.29 bits per heavy atom. The lowest BCUT2D eigenvalue weighted by atomic mass is 9.94. The molecule has 13 rings (SSSR count). The van der Waals surface area contributed by atoms with Crippen molar-refractivity contribution in [2.75, 3.05) is 4.90 Å². The van der Waals surface area contributed by atoms with Crippen molar-refractivity contribution in [3.63, 3.8) is 0 Å². The van der Waals surface area contributed by atoms with Crippen LogP contribution in [0.3, 0.4) is 0 Å². The Morgan fingerprint density at radius 1 is 0.275 bits per heavy atom. The summed E-state index contributed by atoms with van der Waals surface area (Å²) in [5, 5.41) is 4.81. The maximum atomic E-state index is 6.24. The first kappa shape index (κ1) is 40.1. The molecule has 0 amide bonds. The summed E-state index contributed by atoms with van der Waals surface area (Å²) < 4.78 is 8.62. The minimum Gasteiger partial charge on any atom is -0.456 e. The third-order valence-electron chi connectivity index (χ3n) is 13.6. The number of aromatic nitrogens is 1. The first-order valence-electron chi connectivity index (χ1n) is 23.6. The van der Waals surface area contributed by atoms with Gasteiger partial charge in [0.25, 0.3) is 0 Å². The number of fused-ring (bicyclic) bond motifs is 6. The van der Waals surface area contributed by atoms with Gasteiger partial charge in [0, 0.05) is 44.3 Å². The lowest BCUT2D eigenvalue weighted by molar-refractivity contribution is 0.669. The van der Waals surface area contributed by atoms with Crippen LogP contribution in [0.2, 0.25) is 0 Å². The van der Waals surface area contributed by atoms with E-state index in [0.29, 0.717) is 0 Å². The number of rotatable bonds is 9. The summed E-state index contributed by atoms with van der Waals surface area (Å²) in [4.78, 5) is 2.35. The molecular weight excluding hydrogens is 837 g/mol. The summed E-state index contributed by atoms with van der Waals surface area (Å²) in [6, 6.07) is 96.1. The van der Waals surface area contributed by atoms with Gasteiger partial charge in [-0.15, -0.1) is 0 Å². The van der Waals surface area contributed by atoms with Crippen molar-refractivity contribution in [3.05, 3.63) is 267 Å². The predicted molar refractivity (Wildman–Crippen MR) is 290 cm³/mol. The monoisotopic (exact) mass is 880 g/mol. The van der Waals surface area contributed by atoms with Crippen molar-refractivity contribution >= 4 is 60.8 Å². The molecule has 0 radical (unpaired) electrons. The Bertz CT molecular complexity index is 3940. The molecule has 324 valence electrons. The smallest absolute Gasteiger partial charge is 0.136 e. The van der Waals surface area contributed by atoms with Crippen LogP contribution in [0.5, 0.6) is 0 Å². The normalized spacial score (nSPS) is 11.5. The summed E-state index contributed by atoms with van der Waals surface area (Å²) in [7, 11) is 0. The van der Waals surface area contributed by atoms with Crippen molar-refractivity contribution in [2.24, 2.45) is 0 Å². The van der Waals surface area contributed by atoms with Crippen LogP contribution in [0.1, 0.15) is 0 Å². The maximum absolute atomic E-state index is 6.24. The molecule has 0 aliphatic heterocycles. The Labute approximate surface area is 401 Å². The van der Waals surface area contributed by atoms with Gasteiger partial charge in [0.05, 0.1) is 11.0 Å². The Kier molecular flexibility index (Phi) is 9.84. The van der Waals surface area contributed by atoms with Gasteiger partial charge in [-0.25, -0.2) is 0 Å². The highest BCUT2D eigenvalue weighted by Gasteiger charge is 2.17. The quantitative estimate of drug-likeness (QED) is 0.144. The van der Waals surface area contributed by atoms with E-state index in [-0.39, 0.29) is 0 Å². The third kappa shape index (κ3) is 7.25. The second-order valence-corrected chi connectivity index (χ2v) is 17.7. The molecule has 0 aliphatic rings. The molecule has 13 aromatic rings. The molecule has 3 heteroatoms. The zero-order valence-corrected chi connectivity index (χ0v) is 37.7. The summed E-state index contributed by atoms with van der Waals surface area (Å²) in [6.45, 7) is 0. The number of furan rings is 1. The molecule has 69 heavy (non-hydrogen) atoms. The van der Waals surface area contributed by atoms with Crippen LogP contribution in [0.4, 0.5) is 17.1 Å². The lowest BCUT2D eigenvalue weighted by Gasteiger charge is -2.26. The van der Waals surface area contributed by atoms with Gasteiger partial charge in [-0.1, -0.05) is 182 Å². The van der Waals surface area contributed by atoms with Crippen molar-refractivity contribution in [1.29, 1.82) is 0 Å². The summed E-state index contributed by atoms with van der Waals surface area (Å²) in [5.41, 5.74) is 20.3. The van der Waals surface area contributed by atoms with Gasteiger partial charge < -0.3 is 13.9 Å². The fourth-order valence-electron chi connectivity index (χ4n) is 10.3. The fourth-order valence-corrected chi connectivity index (χ4v) is 10.3. The van der Waals surface area contributed by atoms with Gasteiger partial charge in [-0.2, -0.15) is 0 Å². The van der Waals surface area contributed by atoms with Crippen molar-refractivity contribution in [3.8, 4) is 61.3 Å². The lowest BCUT2D eigenvalue weighted by Crippen LogP contribution is -2.09. The highest BCUT2D eigenvalue weighted by molar-refractivity contribution is 6.12. The van der Waals surface area contributed by atoms with Gasteiger partial charge in [-0.05, 0) is 141 Å². The SMILES string of the molecule is c1ccc(-c2ccc(N(c3ccc(-c4cccc(-c5cccc(-c6cccc7oc8ccccc8c67)c5)c4)cc3)c3ccc(-c4cccc(-n5c6ccccc6c6ccccc65)c4)cc3)cc2)cc1. The molecular formula is C66H44N2O. The van der Waals surface area contributed by atoms with Gasteiger partial charge in [-0.3, -0.25) is 0 Å². The van der Waals surface area contributed by atoms with Crippen LogP contribution in [0.15, 0.2) is 271 Å². The van der Waals surface area contributed by atoms with E-state index in [1.807, 2.05) is 12.1 Å². The van der Waals surface area contributed by atoms with Gasteiger partial charge in [0.2, 0.25) is 0 Å². The second kappa shape index (κ2) is 16.9. The molecule has 2 aromatic heterocycles. The van der Waals surface area contributed by atoms with Gasteiger partial charge in [0.15, 0.2) is 0 Å². The Balaban J connectivity index is 0.831. The van der Waals surface area contributed by atoms with Crippen LogP contribution in [-0.2, 0) is 0 Å². The topological polar surface area (TPSA) is 21.3 Å². The highest BCUT2D eigenvalue weighted by Crippen LogP contribution is 2.41. The molecule has 2 heterocycles. The molecule has 0 fully saturated rings. The summed E-state index contributed by atoms with van der Waals surface area (Å²) >= 11 is 0. The number of anilines is 3. The zero-order valence-electron chi connectivity index (χ0n) is 37.7. The number of nitrogens with zero attached hydrogens (tertiary/aromatic N) is 2. The molecule has 11 aromatic carbocycles. The molecule has 0 bridgehead atoms. The van der Waals surface area contributed by atoms with Gasteiger partial charge in [0.1, 0.15) is 11.2 Å². The maximum Gasteiger partial charge on any atom is 0.136 e.